The molecule has 2 aromatic heterocycles. The molecule has 2 heterocycles. The molecule has 0 bridgehead atoms. The summed E-state index contributed by atoms with van der Waals surface area (Å²) in [6.07, 6.45) is 0. The summed E-state index contributed by atoms with van der Waals surface area (Å²) >= 11 is 6.46. The fourth-order valence-corrected chi connectivity index (χ4v) is 2.69. The van der Waals surface area contributed by atoms with Crippen molar-refractivity contribution in [3.05, 3.63) is 50.7 Å². The van der Waals surface area contributed by atoms with Crippen LogP contribution >= 0.6 is 36.0 Å². The van der Waals surface area contributed by atoms with E-state index in [2.05, 4.69) is 9.97 Å². The highest BCUT2D eigenvalue weighted by atomic mass is 35.5. The highest BCUT2D eigenvalue weighted by molar-refractivity contribution is 7.71. The molecule has 0 aliphatic heterocycles. The van der Waals surface area contributed by atoms with Crippen LogP contribution in [0.15, 0.2) is 34.6 Å². The molecule has 0 aliphatic rings. The van der Waals surface area contributed by atoms with Gasteiger partial charge in [0.2, 0.25) is 0 Å². The summed E-state index contributed by atoms with van der Waals surface area (Å²) in [5.41, 5.74) is 2.11. The summed E-state index contributed by atoms with van der Waals surface area (Å²) in [4.78, 5) is 19.8. The topological polar surface area (TPSA) is 50.7 Å². The Morgan fingerprint density at radius 2 is 2.00 bits per heavy atom. The first-order valence-corrected chi connectivity index (χ1v) is 6.30. The third-order valence-electron chi connectivity index (χ3n) is 2.48. The SMILES string of the molecule is Cl.O=c1c2ncsc2[nH]c(=S)n1-c1ccc(F)cc1. The molecule has 98 valence electrons. The third-order valence-corrected chi connectivity index (χ3v) is 3.51. The van der Waals surface area contributed by atoms with Crippen LogP contribution in [0.2, 0.25) is 0 Å². The van der Waals surface area contributed by atoms with Crippen LogP contribution in [0.1, 0.15) is 0 Å². The lowest BCUT2D eigenvalue weighted by molar-refractivity contribution is 0.627. The van der Waals surface area contributed by atoms with E-state index in [1.54, 1.807) is 5.51 Å². The van der Waals surface area contributed by atoms with Crippen LogP contribution in [0.4, 0.5) is 4.39 Å². The van der Waals surface area contributed by atoms with Crippen molar-refractivity contribution in [2.45, 2.75) is 0 Å². The van der Waals surface area contributed by atoms with E-state index in [1.807, 2.05) is 0 Å². The minimum Gasteiger partial charge on any atom is -0.322 e. The maximum atomic E-state index is 12.9. The van der Waals surface area contributed by atoms with Crippen LogP contribution in [0.25, 0.3) is 16.0 Å². The van der Waals surface area contributed by atoms with Gasteiger partial charge in [-0.2, -0.15) is 0 Å². The summed E-state index contributed by atoms with van der Waals surface area (Å²) in [5.74, 6) is -0.364. The van der Waals surface area contributed by atoms with E-state index >= 15 is 0 Å². The zero-order chi connectivity index (χ0) is 12.7. The molecule has 1 N–H and O–H groups in total. The van der Waals surface area contributed by atoms with Crippen molar-refractivity contribution in [2.75, 3.05) is 0 Å². The molecule has 0 fully saturated rings. The molecule has 0 unspecified atom stereocenters. The van der Waals surface area contributed by atoms with Crippen molar-refractivity contribution in [3.8, 4) is 5.69 Å². The highest BCUT2D eigenvalue weighted by Gasteiger charge is 2.09. The van der Waals surface area contributed by atoms with E-state index in [0.717, 1.165) is 0 Å². The molecule has 1 aromatic carbocycles. The standard InChI is InChI=1S/C11H6FN3OS2.ClH/c12-6-1-3-7(4-2-6)15-10(16)8-9(14-11(15)17)18-5-13-8;/h1-5H,(H,14,17);1H. The third kappa shape index (κ3) is 2.32. The van der Waals surface area contributed by atoms with Gasteiger partial charge < -0.3 is 4.98 Å². The van der Waals surface area contributed by atoms with Crippen LogP contribution < -0.4 is 5.56 Å². The first-order valence-electron chi connectivity index (χ1n) is 5.01. The van der Waals surface area contributed by atoms with E-state index in [4.69, 9.17) is 12.2 Å². The summed E-state index contributed by atoms with van der Waals surface area (Å²) < 4.78 is 14.4. The molecule has 3 rings (SSSR count). The second kappa shape index (κ2) is 5.20. The summed E-state index contributed by atoms with van der Waals surface area (Å²) in [7, 11) is 0. The molecule has 0 atom stereocenters. The monoisotopic (exact) mass is 315 g/mol. The molecular weight excluding hydrogens is 309 g/mol. The van der Waals surface area contributed by atoms with E-state index in [0.29, 0.717) is 16.0 Å². The molecule has 0 spiro atoms. The smallest absolute Gasteiger partial charge is 0.286 e. The van der Waals surface area contributed by atoms with Crippen LogP contribution in [-0.2, 0) is 0 Å². The summed E-state index contributed by atoms with van der Waals surface area (Å²) in [5, 5.41) is 0. The van der Waals surface area contributed by atoms with E-state index in [9.17, 15) is 9.18 Å². The van der Waals surface area contributed by atoms with Crippen LogP contribution in [-0.4, -0.2) is 14.5 Å². The first kappa shape index (κ1) is 13.9. The van der Waals surface area contributed by atoms with Crippen LogP contribution in [0.5, 0.6) is 0 Å². The van der Waals surface area contributed by atoms with Gasteiger partial charge in [-0.25, -0.2) is 9.37 Å². The van der Waals surface area contributed by atoms with Crippen molar-refractivity contribution in [3.63, 3.8) is 0 Å². The number of nitrogens with zero attached hydrogens (tertiary/aromatic N) is 2. The van der Waals surface area contributed by atoms with Gasteiger partial charge in [-0.3, -0.25) is 9.36 Å². The predicted molar refractivity (Wildman–Crippen MR) is 77.6 cm³/mol. The Morgan fingerprint density at radius 3 is 2.68 bits per heavy atom. The van der Waals surface area contributed by atoms with Crippen molar-refractivity contribution in [2.24, 2.45) is 0 Å². The van der Waals surface area contributed by atoms with Crippen molar-refractivity contribution in [1.82, 2.24) is 14.5 Å². The molecule has 4 nitrogen and oxygen atoms in total. The van der Waals surface area contributed by atoms with E-state index in [-0.39, 0.29) is 28.6 Å². The molecular formula is C11H7ClFN3OS2. The Labute approximate surface area is 122 Å². The van der Waals surface area contributed by atoms with Gasteiger partial charge in [-0.05, 0) is 36.5 Å². The van der Waals surface area contributed by atoms with Crippen molar-refractivity contribution in [1.29, 1.82) is 0 Å². The predicted octanol–water partition coefficient (Wildman–Crippen LogP) is 3.07. The molecule has 8 heteroatoms. The minimum absolute atomic E-state index is 0. The number of thiazole rings is 1. The van der Waals surface area contributed by atoms with Gasteiger partial charge in [0.05, 0.1) is 11.2 Å². The number of halogens is 2. The summed E-state index contributed by atoms with van der Waals surface area (Å²) in [6, 6.07) is 5.56. The molecule has 0 saturated heterocycles. The fourth-order valence-electron chi connectivity index (χ4n) is 1.66. The van der Waals surface area contributed by atoms with E-state index in [1.165, 1.54) is 40.2 Å². The van der Waals surface area contributed by atoms with Gasteiger partial charge in [0.1, 0.15) is 10.6 Å². The number of fused-ring (bicyclic) bond motifs is 1. The lowest BCUT2D eigenvalue weighted by Crippen LogP contribution is -2.20. The fraction of sp³-hybridized carbons (Fsp3) is 0. The summed E-state index contributed by atoms with van der Waals surface area (Å²) in [6.45, 7) is 0. The average molecular weight is 316 g/mol. The minimum atomic E-state index is -0.364. The molecule has 0 saturated carbocycles. The van der Waals surface area contributed by atoms with Crippen LogP contribution in [0, 0.1) is 10.6 Å². The number of H-pyrrole nitrogens is 1. The lowest BCUT2D eigenvalue weighted by atomic mass is 10.3. The number of benzene rings is 1. The molecule has 3 aromatic rings. The van der Waals surface area contributed by atoms with Gasteiger partial charge in [0.15, 0.2) is 10.3 Å². The Balaban J connectivity index is 0.00000133. The highest BCUT2D eigenvalue weighted by Crippen LogP contribution is 2.13. The second-order valence-electron chi connectivity index (χ2n) is 3.58. The molecule has 0 aliphatic carbocycles. The van der Waals surface area contributed by atoms with Crippen molar-refractivity contribution >= 4 is 46.3 Å². The first-order chi connectivity index (χ1) is 8.66. The van der Waals surface area contributed by atoms with Gasteiger partial charge in [0, 0.05) is 0 Å². The van der Waals surface area contributed by atoms with Gasteiger partial charge in [-0.1, -0.05) is 0 Å². The normalized spacial score (nSPS) is 10.4. The van der Waals surface area contributed by atoms with Gasteiger partial charge in [0.25, 0.3) is 5.56 Å². The zero-order valence-electron chi connectivity index (χ0n) is 9.29. The second-order valence-corrected chi connectivity index (χ2v) is 4.82. The number of hydrogen-bond acceptors (Lipinski definition) is 4. The maximum absolute atomic E-state index is 12.9. The van der Waals surface area contributed by atoms with Gasteiger partial charge in [-0.15, -0.1) is 23.7 Å². The largest absolute Gasteiger partial charge is 0.322 e. The number of rotatable bonds is 1. The number of aromatic amines is 1. The Hall–Kier alpha value is -1.57. The Morgan fingerprint density at radius 1 is 1.32 bits per heavy atom. The Bertz CT molecular complexity index is 838. The number of nitrogens with one attached hydrogen (secondary N) is 1. The number of hydrogen-bond donors (Lipinski definition) is 1. The van der Waals surface area contributed by atoms with Crippen LogP contribution in [0.3, 0.4) is 0 Å². The average Bonchev–Trinajstić information content (AvgIpc) is 2.80. The lowest BCUT2D eigenvalue weighted by Gasteiger charge is -2.05. The van der Waals surface area contributed by atoms with E-state index < -0.39 is 0 Å². The maximum Gasteiger partial charge on any atom is 0.286 e. The zero-order valence-corrected chi connectivity index (χ0v) is 11.7. The quantitative estimate of drug-likeness (QED) is 0.702. The molecule has 0 amide bonds. The van der Waals surface area contributed by atoms with Gasteiger partial charge >= 0.3 is 0 Å². The molecule has 0 radical (unpaired) electrons. The molecule has 19 heavy (non-hydrogen) atoms. The Kier molecular flexibility index (Phi) is 3.79. The van der Waals surface area contributed by atoms with Crippen molar-refractivity contribution < 1.29 is 4.39 Å². The number of aromatic nitrogens is 3.